The Morgan fingerprint density at radius 2 is 1.59 bits per heavy atom. The molecule has 0 radical (unpaired) electrons. The normalized spacial score (nSPS) is 20.9. The second-order valence-corrected chi connectivity index (χ2v) is 8.16. The first kappa shape index (κ1) is 17.0. The molecule has 2 heterocycles. The molecular formula is C22H23F3N2. The molecule has 0 aromatic heterocycles. The highest BCUT2D eigenvalue weighted by atomic mass is 19.4. The number of hydrogen-bond donors (Lipinski definition) is 0. The summed E-state index contributed by atoms with van der Waals surface area (Å²) >= 11 is 0. The molecule has 5 heteroatoms. The third-order valence-corrected chi connectivity index (χ3v) is 6.57. The molecule has 5 rings (SSSR count). The van der Waals surface area contributed by atoms with E-state index in [-0.39, 0.29) is 5.41 Å². The van der Waals surface area contributed by atoms with Crippen molar-refractivity contribution in [3.63, 3.8) is 0 Å². The Morgan fingerprint density at radius 1 is 0.852 bits per heavy atom. The van der Waals surface area contributed by atoms with Gasteiger partial charge < -0.3 is 9.80 Å². The van der Waals surface area contributed by atoms with E-state index in [0.717, 1.165) is 62.3 Å². The maximum atomic E-state index is 13.3. The van der Waals surface area contributed by atoms with E-state index in [9.17, 15) is 13.2 Å². The maximum absolute atomic E-state index is 13.3. The van der Waals surface area contributed by atoms with Crippen LogP contribution in [0, 0.1) is 0 Å². The average Bonchev–Trinajstić information content (AvgIpc) is 3.19. The van der Waals surface area contributed by atoms with Crippen molar-refractivity contribution in [2.75, 3.05) is 29.4 Å². The zero-order chi connectivity index (χ0) is 18.6. The van der Waals surface area contributed by atoms with E-state index in [4.69, 9.17) is 0 Å². The van der Waals surface area contributed by atoms with Crippen LogP contribution in [0.4, 0.5) is 30.2 Å². The molecule has 2 fully saturated rings. The van der Waals surface area contributed by atoms with Crippen molar-refractivity contribution in [3.8, 4) is 0 Å². The number of fused-ring (bicyclic) bond motifs is 2. The van der Waals surface area contributed by atoms with Crippen molar-refractivity contribution in [2.24, 2.45) is 0 Å². The fourth-order valence-electron chi connectivity index (χ4n) is 4.99. The minimum absolute atomic E-state index is 0.136. The molecule has 1 aliphatic carbocycles. The molecule has 1 spiro atoms. The summed E-state index contributed by atoms with van der Waals surface area (Å²) in [6, 6.07) is 12.8. The van der Waals surface area contributed by atoms with Gasteiger partial charge in [-0.25, -0.2) is 0 Å². The first-order valence-corrected chi connectivity index (χ1v) is 9.81. The Labute approximate surface area is 157 Å². The van der Waals surface area contributed by atoms with Gasteiger partial charge in [0.25, 0.3) is 0 Å². The minimum atomic E-state index is -4.29. The van der Waals surface area contributed by atoms with Crippen LogP contribution in [-0.2, 0) is 11.6 Å². The smallest absolute Gasteiger partial charge is 0.371 e. The van der Waals surface area contributed by atoms with Gasteiger partial charge in [-0.1, -0.05) is 18.9 Å². The van der Waals surface area contributed by atoms with Gasteiger partial charge in [0, 0.05) is 42.1 Å². The van der Waals surface area contributed by atoms with Crippen LogP contribution in [0.3, 0.4) is 0 Å². The zero-order valence-electron chi connectivity index (χ0n) is 15.2. The molecule has 1 saturated heterocycles. The molecule has 0 atom stereocenters. The number of halogens is 3. The summed E-state index contributed by atoms with van der Waals surface area (Å²) in [5, 5.41) is 0. The van der Waals surface area contributed by atoms with Crippen LogP contribution >= 0.6 is 0 Å². The first-order valence-electron chi connectivity index (χ1n) is 9.81. The number of anilines is 3. The predicted molar refractivity (Wildman–Crippen MR) is 102 cm³/mol. The van der Waals surface area contributed by atoms with Gasteiger partial charge in [-0.15, -0.1) is 0 Å². The second-order valence-electron chi connectivity index (χ2n) is 8.16. The van der Waals surface area contributed by atoms with Gasteiger partial charge in [0.2, 0.25) is 0 Å². The van der Waals surface area contributed by atoms with Gasteiger partial charge in [0.15, 0.2) is 0 Å². The molecule has 0 amide bonds. The average molecular weight is 372 g/mol. The fourth-order valence-corrected chi connectivity index (χ4v) is 4.99. The Kier molecular flexibility index (Phi) is 3.72. The maximum Gasteiger partial charge on any atom is 0.416 e. The predicted octanol–water partition coefficient (Wildman–Crippen LogP) is 5.88. The molecule has 0 bridgehead atoms. The number of alkyl halides is 3. The van der Waals surface area contributed by atoms with E-state index in [1.165, 1.54) is 24.2 Å². The van der Waals surface area contributed by atoms with Crippen LogP contribution in [0.2, 0.25) is 0 Å². The van der Waals surface area contributed by atoms with Crippen LogP contribution < -0.4 is 9.80 Å². The summed E-state index contributed by atoms with van der Waals surface area (Å²) in [6.07, 6.45) is 1.07. The van der Waals surface area contributed by atoms with Gasteiger partial charge >= 0.3 is 6.18 Å². The van der Waals surface area contributed by atoms with Gasteiger partial charge in [-0.2, -0.15) is 13.2 Å². The first-order chi connectivity index (χ1) is 13.0. The largest absolute Gasteiger partial charge is 0.416 e. The topological polar surface area (TPSA) is 6.48 Å². The van der Waals surface area contributed by atoms with Crippen LogP contribution in [0.15, 0.2) is 42.5 Å². The lowest BCUT2D eigenvalue weighted by Gasteiger charge is -2.34. The Hall–Kier alpha value is -2.17. The van der Waals surface area contributed by atoms with E-state index in [2.05, 4.69) is 34.1 Å². The molecule has 0 unspecified atom stereocenters. The Bertz CT molecular complexity index is 864. The summed E-state index contributed by atoms with van der Waals surface area (Å²) in [5.41, 5.74) is 3.48. The van der Waals surface area contributed by atoms with Crippen LogP contribution in [0.25, 0.3) is 0 Å². The minimum Gasteiger partial charge on any atom is -0.371 e. The summed E-state index contributed by atoms with van der Waals surface area (Å²) in [6.45, 7) is 2.95. The molecule has 2 nitrogen and oxygen atoms in total. The molecule has 27 heavy (non-hydrogen) atoms. The van der Waals surface area contributed by atoms with Gasteiger partial charge in [0.1, 0.15) is 0 Å². The highest BCUT2D eigenvalue weighted by Crippen LogP contribution is 2.53. The summed E-state index contributed by atoms with van der Waals surface area (Å²) < 4.78 is 40.0. The highest BCUT2D eigenvalue weighted by molar-refractivity contribution is 5.75. The van der Waals surface area contributed by atoms with Crippen molar-refractivity contribution in [3.05, 3.63) is 53.6 Å². The van der Waals surface area contributed by atoms with Crippen molar-refractivity contribution < 1.29 is 13.2 Å². The molecule has 2 aromatic carbocycles. The van der Waals surface area contributed by atoms with E-state index in [0.29, 0.717) is 0 Å². The lowest BCUT2D eigenvalue weighted by Crippen LogP contribution is -2.37. The van der Waals surface area contributed by atoms with Crippen LogP contribution in [0.5, 0.6) is 0 Å². The SMILES string of the molecule is FC(F)(F)c1ccc2c(c1)C1(CCCC1)CN2c1cccc(N2CCC2)c1. The number of rotatable bonds is 2. The lowest BCUT2D eigenvalue weighted by atomic mass is 9.80. The number of hydrogen-bond acceptors (Lipinski definition) is 2. The van der Waals surface area contributed by atoms with Crippen molar-refractivity contribution in [2.45, 2.75) is 43.7 Å². The molecule has 2 aromatic rings. The lowest BCUT2D eigenvalue weighted by molar-refractivity contribution is -0.137. The summed E-state index contributed by atoms with van der Waals surface area (Å²) in [4.78, 5) is 4.59. The van der Waals surface area contributed by atoms with Gasteiger partial charge in [-0.3, -0.25) is 0 Å². The molecule has 3 aliphatic rings. The van der Waals surface area contributed by atoms with Crippen molar-refractivity contribution in [1.82, 2.24) is 0 Å². The van der Waals surface area contributed by atoms with E-state index < -0.39 is 11.7 Å². The quantitative estimate of drug-likeness (QED) is 0.650. The fraction of sp³-hybridized carbons (Fsp3) is 0.455. The molecular weight excluding hydrogens is 349 g/mol. The van der Waals surface area contributed by atoms with Crippen LogP contribution in [-0.4, -0.2) is 19.6 Å². The van der Waals surface area contributed by atoms with Crippen molar-refractivity contribution in [1.29, 1.82) is 0 Å². The Balaban J connectivity index is 1.58. The van der Waals surface area contributed by atoms with Crippen molar-refractivity contribution >= 4 is 17.1 Å². The van der Waals surface area contributed by atoms with E-state index in [1.807, 2.05) is 0 Å². The standard InChI is InChI=1S/C22H23F3N2/c23-22(24,25)16-7-8-20-19(13-16)21(9-1-2-10-21)15-27(20)18-6-3-5-17(14-18)26-11-4-12-26/h3,5-8,13-14H,1-2,4,9-12,15H2. The zero-order valence-corrected chi connectivity index (χ0v) is 15.2. The monoisotopic (exact) mass is 372 g/mol. The third-order valence-electron chi connectivity index (χ3n) is 6.57. The van der Waals surface area contributed by atoms with Gasteiger partial charge in [0.05, 0.1) is 5.56 Å². The molecule has 142 valence electrons. The highest BCUT2D eigenvalue weighted by Gasteiger charge is 2.46. The van der Waals surface area contributed by atoms with E-state index in [1.54, 1.807) is 6.07 Å². The molecule has 0 N–H and O–H groups in total. The summed E-state index contributed by atoms with van der Waals surface area (Å²) in [7, 11) is 0. The second kappa shape index (κ2) is 5.91. The van der Waals surface area contributed by atoms with Crippen LogP contribution in [0.1, 0.15) is 43.2 Å². The number of nitrogens with zero attached hydrogens (tertiary/aromatic N) is 2. The van der Waals surface area contributed by atoms with E-state index >= 15 is 0 Å². The molecule has 2 aliphatic heterocycles. The van der Waals surface area contributed by atoms with Gasteiger partial charge in [-0.05, 0) is 61.2 Å². The molecule has 1 saturated carbocycles. The number of benzene rings is 2. The third kappa shape index (κ3) is 2.70. The summed E-state index contributed by atoms with van der Waals surface area (Å²) in [5.74, 6) is 0. The Morgan fingerprint density at radius 3 is 2.26 bits per heavy atom.